The second-order valence-corrected chi connectivity index (χ2v) is 6.86. The van der Waals surface area contributed by atoms with Gasteiger partial charge in [-0.15, -0.1) is 0 Å². The van der Waals surface area contributed by atoms with Crippen LogP contribution in [0.2, 0.25) is 0 Å². The summed E-state index contributed by atoms with van der Waals surface area (Å²) in [6.07, 6.45) is 2.35. The number of rotatable bonds is 5. The molecule has 29 heavy (non-hydrogen) atoms. The quantitative estimate of drug-likeness (QED) is 0.684. The summed E-state index contributed by atoms with van der Waals surface area (Å²) in [6, 6.07) is 9.07. The standard InChI is InChI=1S/C21H22N4O4/c1-28-17-9-13(10-18(29-2)19(17)26)11-25-8-6-15-14(12-25)21(27)24-20(23-15)16-5-3-4-7-22-16/h3-5,7,9-10,26H,6,8,11-12H2,1-2H3,(H,23,24,27). The van der Waals surface area contributed by atoms with Crippen molar-refractivity contribution in [1.29, 1.82) is 0 Å². The molecule has 1 aliphatic heterocycles. The fraction of sp³-hybridized carbons (Fsp3) is 0.286. The molecule has 1 aliphatic rings. The number of methoxy groups -OCH3 is 2. The van der Waals surface area contributed by atoms with E-state index < -0.39 is 0 Å². The van der Waals surface area contributed by atoms with E-state index in [2.05, 4.69) is 19.9 Å². The molecule has 3 heterocycles. The van der Waals surface area contributed by atoms with E-state index in [9.17, 15) is 9.90 Å². The zero-order valence-corrected chi connectivity index (χ0v) is 16.3. The molecule has 150 valence electrons. The number of aromatic amines is 1. The predicted octanol–water partition coefficient (Wildman–Crippen LogP) is 2.11. The fourth-order valence-corrected chi connectivity index (χ4v) is 3.54. The van der Waals surface area contributed by atoms with E-state index in [1.54, 1.807) is 18.3 Å². The van der Waals surface area contributed by atoms with Gasteiger partial charge in [-0.3, -0.25) is 14.7 Å². The molecule has 0 fully saturated rings. The van der Waals surface area contributed by atoms with E-state index in [-0.39, 0.29) is 11.3 Å². The second kappa shape index (κ2) is 7.92. The Morgan fingerprint density at radius 1 is 1.21 bits per heavy atom. The van der Waals surface area contributed by atoms with Gasteiger partial charge in [0.15, 0.2) is 17.3 Å². The second-order valence-electron chi connectivity index (χ2n) is 6.86. The third kappa shape index (κ3) is 3.79. The minimum absolute atomic E-state index is 0.0227. The van der Waals surface area contributed by atoms with Crippen LogP contribution in [0.5, 0.6) is 17.2 Å². The molecule has 0 aliphatic carbocycles. The van der Waals surface area contributed by atoms with Crippen molar-refractivity contribution in [3.05, 3.63) is 63.7 Å². The molecule has 0 saturated carbocycles. The lowest BCUT2D eigenvalue weighted by atomic mass is 10.1. The van der Waals surface area contributed by atoms with Gasteiger partial charge in [0.1, 0.15) is 5.69 Å². The highest BCUT2D eigenvalue weighted by atomic mass is 16.5. The van der Waals surface area contributed by atoms with Crippen molar-refractivity contribution < 1.29 is 14.6 Å². The monoisotopic (exact) mass is 394 g/mol. The van der Waals surface area contributed by atoms with Crippen molar-refractivity contribution in [2.45, 2.75) is 19.5 Å². The smallest absolute Gasteiger partial charge is 0.255 e. The molecule has 2 N–H and O–H groups in total. The van der Waals surface area contributed by atoms with Crippen molar-refractivity contribution in [1.82, 2.24) is 19.9 Å². The molecule has 0 bridgehead atoms. The van der Waals surface area contributed by atoms with Crippen molar-refractivity contribution >= 4 is 0 Å². The van der Waals surface area contributed by atoms with Gasteiger partial charge in [0.2, 0.25) is 5.75 Å². The summed E-state index contributed by atoms with van der Waals surface area (Å²) in [5.41, 5.74) is 2.92. The first-order valence-corrected chi connectivity index (χ1v) is 9.28. The minimum atomic E-state index is -0.138. The molecule has 0 amide bonds. The number of phenolic OH excluding ortho intramolecular Hbond substituents is 1. The Kier molecular flexibility index (Phi) is 5.18. The van der Waals surface area contributed by atoms with Crippen molar-refractivity contribution in [2.75, 3.05) is 20.8 Å². The van der Waals surface area contributed by atoms with Crippen LogP contribution >= 0.6 is 0 Å². The molecule has 0 atom stereocenters. The number of phenols is 1. The van der Waals surface area contributed by atoms with Gasteiger partial charge in [0.05, 0.1) is 25.5 Å². The highest BCUT2D eigenvalue weighted by Crippen LogP contribution is 2.37. The van der Waals surface area contributed by atoms with Crippen LogP contribution in [0.25, 0.3) is 11.5 Å². The molecule has 0 spiro atoms. The predicted molar refractivity (Wildman–Crippen MR) is 107 cm³/mol. The summed E-state index contributed by atoms with van der Waals surface area (Å²) in [7, 11) is 3.00. The highest BCUT2D eigenvalue weighted by Gasteiger charge is 2.22. The molecule has 2 aromatic heterocycles. The van der Waals surface area contributed by atoms with Crippen LogP contribution < -0.4 is 15.0 Å². The molecule has 8 heteroatoms. The van der Waals surface area contributed by atoms with Gasteiger partial charge >= 0.3 is 0 Å². The summed E-state index contributed by atoms with van der Waals surface area (Å²) in [6.45, 7) is 1.84. The number of ether oxygens (including phenoxy) is 2. The SMILES string of the molecule is COc1cc(CN2CCc3nc(-c4ccccn4)[nH]c(=O)c3C2)cc(OC)c1O. The maximum Gasteiger partial charge on any atom is 0.255 e. The lowest BCUT2D eigenvalue weighted by Gasteiger charge is -2.28. The van der Waals surface area contributed by atoms with Gasteiger partial charge in [0.25, 0.3) is 5.56 Å². The lowest BCUT2D eigenvalue weighted by Crippen LogP contribution is -2.35. The van der Waals surface area contributed by atoms with Gasteiger partial charge < -0.3 is 19.6 Å². The Morgan fingerprint density at radius 3 is 2.62 bits per heavy atom. The zero-order valence-electron chi connectivity index (χ0n) is 16.3. The van der Waals surface area contributed by atoms with Gasteiger partial charge in [0, 0.05) is 32.3 Å². The lowest BCUT2D eigenvalue weighted by molar-refractivity contribution is 0.240. The molecule has 8 nitrogen and oxygen atoms in total. The largest absolute Gasteiger partial charge is 0.502 e. The van der Waals surface area contributed by atoms with Crippen LogP contribution in [0.3, 0.4) is 0 Å². The van der Waals surface area contributed by atoms with E-state index in [4.69, 9.17) is 9.47 Å². The van der Waals surface area contributed by atoms with E-state index in [1.165, 1.54) is 14.2 Å². The molecule has 1 aromatic carbocycles. The molecule has 3 aromatic rings. The molecule has 0 unspecified atom stereocenters. The Hall–Kier alpha value is -3.39. The Labute approximate surface area is 167 Å². The third-order valence-electron chi connectivity index (χ3n) is 5.00. The maximum atomic E-state index is 12.7. The number of hydrogen-bond donors (Lipinski definition) is 2. The average Bonchev–Trinajstić information content (AvgIpc) is 2.75. The van der Waals surface area contributed by atoms with Crippen molar-refractivity contribution in [2.24, 2.45) is 0 Å². The molecular formula is C21H22N4O4. The van der Waals surface area contributed by atoms with Gasteiger partial charge in [-0.25, -0.2) is 4.98 Å². The first-order chi connectivity index (χ1) is 14.1. The molecule has 4 rings (SSSR count). The zero-order chi connectivity index (χ0) is 20.4. The van der Waals surface area contributed by atoms with Crippen molar-refractivity contribution in [3.8, 4) is 28.8 Å². The number of pyridine rings is 1. The summed E-state index contributed by atoms with van der Waals surface area (Å²) < 4.78 is 10.5. The topological polar surface area (TPSA) is 101 Å². The minimum Gasteiger partial charge on any atom is -0.502 e. The van der Waals surface area contributed by atoms with E-state index in [0.717, 1.165) is 17.8 Å². The van der Waals surface area contributed by atoms with Gasteiger partial charge in [-0.05, 0) is 29.8 Å². The summed E-state index contributed by atoms with van der Waals surface area (Å²) >= 11 is 0. The fourth-order valence-electron chi connectivity index (χ4n) is 3.54. The van der Waals surface area contributed by atoms with Crippen LogP contribution in [0.4, 0.5) is 0 Å². The number of hydrogen-bond acceptors (Lipinski definition) is 7. The van der Waals surface area contributed by atoms with Crippen LogP contribution in [-0.2, 0) is 19.5 Å². The third-order valence-corrected chi connectivity index (χ3v) is 5.00. The van der Waals surface area contributed by atoms with Crippen LogP contribution in [0.1, 0.15) is 16.8 Å². The number of nitrogens with zero attached hydrogens (tertiary/aromatic N) is 3. The Morgan fingerprint density at radius 2 is 1.97 bits per heavy atom. The highest BCUT2D eigenvalue weighted by molar-refractivity contribution is 5.53. The van der Waals surface area contributed by atoms with E-state index in [0.29, 0.717) is 48.1 Å². The first-order valence-electron chi connectivity index (χ1n) is 9.28. The molecular weight excluding hydrogens is 372 g/mol. The normalized spacial score (nSPS) is 13.7. The number of aromatic hydroxyl groups is 1. The molecule has 0 radical (unpaired) electrons. The van der Waals surface area contributed by atoms with Crippen LogP contribution in [-0.4, -0.2) is 45.7 Å². The Bertz CT molecular complexity index is 1060. The first kappa shape index (κ1) is 18.9. The summed E-state index contributed by atoms with van der Waals surface area (Å²) in [4.78, 5) is 26.6. The van der Waals surface area contributed by atoms with Gasteiger partial charge in [-0.2, -0.15) is 0 Å². The van der Waals surface area contributed by atoms with Gasteiger partial charge in [-0.1, -0.05) is 6.07 Å². The van der Waals surface area contributed by atoms with Crippen LogP contribution in [0, 0.1) is 0 Å². The summed E-state index contributed by atoms with van der Waals surface area (Å²) in [5, 5.41) is 10.1. The maximum absolute atomic E-state index is 12.7. The number of H-pyrrole nitrogens is 1. The number of fused-ring (bicyclic) bond motifs is 1. The van der Waals surface area contributed by atoms with E-state index >= 15 is 0 Å². The van der Waals surface area contributed by atoms with Crippen molar-refractivity contribution in [3.63, 3.8) is 0 Å². The Balaban J connectivity index is 1.58. The number of nitrogens with one attached hydrogen (secondary N) is 1. The number of benzene rings is 1. The summed E-state index contributed by atoms with van der Waals surface area (Å²) in [5.74, 6) is 1.19. The number of aromatic nitrogens is 3. The van der Waals surface area contributed by atoms with Crippen LogP contribution in [0.15, 0.2) is 41.3 Å². The molecule has 0 saturated heterocycles. The average molecular weight is 394 g/mol. The van der Waals surface area contributed by atoms with E-state index in [1.807, 2.05) is 18.2 Å².